The number of hydrogen-bond acceptors (Lipinski definition) is 2. The molecular weight excluding hydrogens is 264 g/mol. The number of amides is 2. The molecule has 0 aromatic carbocycles. The van der Waals surface area contributed by atoms with Crippen molar-refractivity contribution in [2.45, 2.75) is 64.3 Å². The van der Waals surface area contributed by atoms with Crippen LogP contribution in [0.4, 0.5) is 4.79 Å². The molecule has 1 heterocycles. The number of nitrogens with one attached hydrogen (secondary N) is 2. The fraction of sp³-hybridized carbons (Fsp3) is 0.875. The average Bonchev–Trinajstić information content (AvgIpc) is 2.48. The lowest BCUT2D eigenvalue weighted by atomic mass is 9.75. The molecule has 2 rings (SSSR count). The summed E-state index contributed by atoms with van der Waals surface area (Å²) in [6, 6.07) is -0.0351. The Labute approximate surface area is 128 Å². The summed E-state index contributed by atoms with van der Waals surface area (Å²) in [6.45, 7) is 6.08. The van der Waals surface area contributed by atoms with E-state index in [1.165, 1.54) is 6.42 Å². The number of likely N-dealkylation sites (tertiary alicyclic amines) is 1. The van der Waals surface area contributed by atoms with Crippen molar-refractivity contribution in [1.29, 1.82) is 5.41 Å². The first kappa shape index (κ1) is 16.1. The third-order valence-electron chi connectivity index (χ3n) is 5.47. The van der Waals surface area contributed by atoms with E-state index in [0.29, 0.717) is 11.8 Å². The Hall–Kier alpha value is -1.26. The minimum Gasteiger partial charge on any atom is -0.386 e. The molecule has 1 saturated carbocycles. The van der Waals surface area contributed by atoms with Gasteiger partial charge < -0.3 is 16.0 Å². The van der Waals surface area contributed by atoms with Crippen molar-refractivity contribution in [3.05, 3.63) is 0 Å². The number of hydrogen-bond donors (Lipinski definition) is 3. The van der Waals surface area contributed by atoms with Gasteiger partial charge in [0, 0.05) is 13.1 Å². The van der Waals surface area contributed by atoms with Gasteiger partial charge in [-0.05, 0) is 50.4 Å². The van der Waals surface area contributed by atoms with Crippen LogP contribution in [0.3, 0.4) is 0 Å². The summed E-state index contributed by atoms with van der Waals surface area (Å²) in [5, 5.41) is 11.0. The zero-order valence-corrected chi connectivity index (χ0v) is 13.5. The van der Waals surface area contributed by atoms with Gasteiger partial charge in [-0.3, -0.25) is 5.41 Å². The molecule has 0 aromatic heterocycles. The van der Waals surface area contributed by atoms with Crippen LogP contribution in [-0.2, 0) is 0 Å². The molecule has 0 unspecified atom stereocenters. The maximum Gasteiger partial charge on any atom is 0.318 e. The van der Waals surface area contributed by atoms with E-state index in [2.05, 4.69) is 19.2 Å². The van der Waals surface area contributed by atoms with Gasteiger partial charge >= 0.3 is 6.03 Å². The third kappa shape index (κ3) is 3.69. The van der Waals surface area contributed by atoms with Gasteiger partial charge in [0.15, 0.2) is 0 Å². The summed E-state index contributed by atoms with van der Waals surface area (Å²) in [4.78, 5) is 14.4. The highest BCUT2D eigenvalue weighted by Gasteiger charge is 2.40. The van der Waals surface area contributed by atoms with Crippen molar-refractivity contribution < 1.29 is 4.79 Å². The zero-order chi connectivity index (χ0) is 15.5. The first-order valence-corrected chi connectivity index (χ1v) is 8.38. The van der Waals surface area contributed by atoms with Crippen LogP contribution in [0.2, 0.25) is 0 Å². The fourth-order valence-electron chi connectivity index (χ4n) is 3.54. The van der Waals surface area contributed by atoms with Gasteiger partial charge in [-0.15, -0.1) is 0 Å². The number of piperidine rings is 1. The molecule has 21 heavy (non-hydrogen) atoms. The zero-order valence-electron chi connectivity index (χ0n) is 13.5. The van der Waals surface area contributed by atoms with E-state index in [1.54, 1.807) is 0 Å². The van der Waals surface area contributed by atoms with Crippen molar-refractivity contribution in [2.24, 2.45) is 17.6 Å². The lowest BCUT2D eigenvalue weighted by Gasteiger charge is -2.41. The molecular formula is C16H30N4O. The molecule has 0 bridgehead atoms. The van der Waals surface area contributed by atoms with Crippen LogP contribution in [0.1, 0.15) is 58.8 Å². The lowest BCUT2D eigenvalue weighted by Crippen LogP contribution is -2.61. The monoisotopic (exact) mass is 294 g/mol. The van der Waals surface area contributed by atoms with Crippen LogP contribution >= 0.6 is 0 Å². The smallest absolute Gasteiger partial charge is 0.318 e. The van der Waals surface area contributed by atoms with Crippen LogP contribution in [0, 0.1) is 17.2 Å². The second-order valence-corrected chi connectivity index (χ2v) is 6.95. The fourth-order valence-corrected chi connectivity index (χ4v) is 3.54. The highest BCUT2D eigenvalue weighted by molar-refractivity contribution is 5.92. The molecule has 5 heteroatoms. The van der Waals surface area contributed by atoms with Gasteiger partial charge in [0.05, 0.1) is 5.54 Å². The summed E-state index contributed by atoms with van der Waals surface area (Å²) >= 11 is 0. The van der Waals surface area contributed by atoms with Gasteiger partial charge in [-0.1, -0.05) is 20.3 Å². The summed E-state index contributed by atoms with van der Waals surface area (Å²) in [5.74, 6) is 1.54. The van der Waals surface area contributed by atoms with Crippen molar-refractivity contribution in [2.75, 3.05) is 13.1 Å². The molecule has 0 radical (unpaired) electrons. The predicted octanol–water partition coefficient (Wildman–Crippen LogP) is 2.70. The van der Waals surface area contributed by atoms with Crippen LogP contribution in [0.5, 0.6) is 0 Å². The van der Waals surface area contributed by atoms with E-state index >= 15 is 0 Å². The molecule has 2 amide bonds. The molecule has 2 aliphatic rings. The normalized spacial score (nSPS) is 31.0. The SMILES string of the molecule is CCC1CCC(NC(=O)N2CCC(C)CC2)(C(=N)N)CC1. The molecule has 4 N–H and O–H groups in total. The molecule has 0 aromatic rings. The van der Waals surface area contributed by atoms with Gasteiger partial charge in [-0.2, -0.15) is 0 Å². The van der Waals surface area contributed by atoms with E-state index in [0.717, 1.165) is 51.6 Å². The second kappa shape index (κ2) is 6.67. The van der Waals surface area contributed by atoms with Crippen LogP contribution < -0.4 is 11.1 Å². The van der Waals surface area contributed by atoms with Crippen molar-refractivity contribution in [3.63, 3.8) is 0 Å². The molecule has 0 atom stereocenters. The number of carbonyl (C=O) groups is 1. The highest BCUT2D eigenvalue weighted by atomic mass is 16.2. The van der Waals surface area contributed by atoms with E-state index in [-0.39, 0.29) is 11.9 Å². The summed E-state index contributed by atoms with van der Waals surface area (Å²) < 4.78 is 0. The Morgan fingerprint density at radius 3 is 2.33 bits per heavy atom. The minimum absolute atomic E-state index is 0.0351. The average molecular weight is 294 g/mol. The standard InChI is InChI=1S/C16H30N4O/c1-3-13-4-8-16(9-5-13,14(17)18)19-15(21)20-10-6-12(2)7-11-20/h12-13H,3-11H2,1-2H3,(H3,17,18)(H,19,21). The van der Waals surface area contributed by atoms with Crippen molar-refractivity contribution in [3.8, 4) is 0 Å². The maximum absolute atomic E-state index is 12.5. The Bertz CT molecular complexity index is 380. The highest BCUT2D eigenvalue weighted by Crippen LogP contribution is 2.34. The van der Waals surface area contributed by atoms with E-state index in [9.17, 15) is 4.79 Å². The Kier molecular flexibility index (Phi) is 5.12. The summed E-state index contributed by atoms with van der Waals surface area (Å²) in [6.07, 6.45) is 7.01. The van der Waals surface area contributed by atoms with Gasteiger partial charge in [-0.25, -0.2) is 4.79 Å². The quantitative estimate of drug-likeness (QED) is 0.552. The largest absolute Gasteiger partial charge is 0.386 e. The van der Waals surface area contributed by atoms with Crippen LogP contribution in [0.15, 0.2) is 0 Å². The van der Waals surface area contributed by atoms with Gasteiger partial charge in [0.2, 0.25) is 0 Å². The number of carbonyl (C=O) groups excluding carboxylic acids is 1. The lowest BCUT2D eigenvalue weighted by molar-refractivity contribution is 0.157. The summed E-state index contributed by atoms with van der Waals surface area (Å²) in [7, 11) is 0. The number of nitrogens with two attached hydrogens (primary N) is 1. The van der Waals surface area contributed by atoms with E-state index in [1.807, 2.05) is 4.90 Å². The van der Waals surface area contributed by atoms with Crippen molar-refractivity contribution in [1.82, 2.24) is 10.2 Å². The molecule has 1 saturated heterocycles. The Morgan fingerprint density at radius 2 is 1.86 bits per heavy atom. The molecule has 1 aliphatic heterocycles. The molecule has 1 aliphatic carbocycles. The molecule has 0 spiro atoms. The van der Waals surface area contributed by atoms with Crippen molar-refractivity contribution >= 4 is 11.9 Å². The third-order valence-corrected chi connectivity index (χ3v) is 5.47. The second-order valence-electron chi connectivity index (χ2n) is 6.95. The number of nitrogens with zero attached hydrogens (tertiary/aromatic N) is 1. The predicted molar refractivity (Wildman–Crippen MR) is 85.4 cm³/mol. The molecule has 2 fully saturated rings. The first-order valence-electron chi connectivity index (χ1n) is 8.38. The maximum atomic E-state index is 12.5. The van der Waals surface area contributed by atoms with E-state index < -0.39 is 5.54 Å². The first-order chi connectivity index (χ1) is 9.97. The molecule has 120 valence electrons. The van der Waals surface area contributed by atoms with Gasteiger partial charge in [0.25, 0.3) is 0 Å². The summed E-state index contributed by atoms with van der Waals surface area (Å²) in [5.41, 5.74) is 5.23. The topological polar surface area (TPSA) is 82.2 Å². The van der Waals surface area contributed by atoms with Crippen LogP contribution in [-0.4, -0.2) is 35.4 Å². The number of urea groups is 1. The minimum atomic E-state index is -0.605. The number of rotatable bonds is 3. The van der Waals surface area contributed by atoms with E-state index in [4.69, 9.17) is 11.1 Å². The van der Waals surface area contributed by atoms with Crippen LogP contribution in [0.25, 0.3) is 0 Å². The molecule has 5 nitrogen and oxygen atoms in total. The number of amidine groups is 1. The van der Waals surface area contributed by atoms with Gasteiger partial charge in [0.1, 0.15) is 5.84 Å². The Balaban J connectivity index is 1.97. The Morgan fingerprint density at radius 1 is 1.29 bits per heavy atom.